The summed E-state index contributed by atoms with van der Waals surface area (Å²) in [6.45, 7) is -0.435. The van der Waals surface area contributed by atoms with E-state index in [-0.39, 0.29) is 64.5 Å². The van der Waals surface area contributed by atoms with Gasteiger partial charge in [0.25, 0.3) is 0 Å². The average molecular weight is 271 g/mol. The van der Waals surface area contributed by atoms with Crippen LogP contribution in [0.15, 0.2) is 30.3 Å². The summed E-state index contributed by atoms with van der Waals surface area (Å²) >= 11 is 0. The largest absolute Gasteiger partial charge is 1.00 e. The molecule has 1 aromatic carbocycles. The van der Waals surface area contributed by atoms with E-state index in [0.29, 0.717) is 5.69 Å². The molecule has 0 aromatic heterocycles. The number of para-hydroxylation sites is 1. The third-order valence-corrected chi connectivity index (χ3v) is 1.89. The van der Waals surface area contributed by atoms with Gasteiger partial charge in [-0.2, -0.15) is 4.28 Å². The van der Waals surface area contributed by atoms with E-state index >= 15 is 0 Å². The summed E-state index contributed by atoms with van der Waals surface area (Å²) < 4.78 is 35.3. The number of hydroxylamine groups is 1. The third kappa shape index (κ3) is 6.28. The van der Waals surface area contributed by atoms with Crippen LogP contribution in [0.4, 0.5) is 5.69 Å². The molecule has 0 fully saturated rings. The third-order valence-electron chi connectivity index (χ3n) is 1.53. The number of aliphatic hydroxyl groups excluding tert-OH is 1. The molecule has 0 aliphatic rings. The van der Waals surface area contributed by atoms with Crippen molar-refractivity contribution in [1.29, 1.82) is 0 Å². The molecule has 0 radical (unpaired) electrons. The van der Waals surface area contributed by atoms with Crippen LogP contribution < -0.4 is 56.4 Å². The standard InChI is InChI=1S/C8H11NO5S.K/c10-7-6-9(14-15(11,12)13)8-4-2-1-3-5-8;/h1-5,10H,6-7H2,(H,11,12,13);/q;+1/p-1. The summed E-state index contributed by atoms with van der Waals surface area (Å²) in [5, 5.41) is 9.50. The normalized spacial score (nSPS) is 10.6. The van der Waals surface area contributed by atoms with E-state index in [1.165, 1.54) is 0 Å². The predicted octanol–water partition coefficient (Wildman–Crippen LogP) is -3.12. The second kappa shape index (κ2) is 7.74. The molecule has 0 saturated carbocycles. The van der Waals surface area contributed by atoms with Crippen LogP contribution in [0.2, 0.25) is 0 Å². The van der Waals surface area contributed by atoms with Gasteiger partial charge in [0.05, 0.1) is 18.8 Å². The molecule has 8 heteroatoms. The number of nitrogens with zero attached hydrogens (tertiary/aromatic N) is 1. The summed E-state index contributed by atoms with van der Waals surface area (Å²) in [7, 11) is -4.83. The van der Waals surface area contributed by atoms with Crippen molar-refractivity contribution in [2.45, 2.75) is 0 Å². The number of benzene rings is 1. The Hall–Kier alpha value is 0.486. The number of hydrogen-bond donors (Lipinski definition) is 1. The zero-order valence-electron chi connectivity index (χ0n) is 8.74. The molecular weight excluding hydrogens is 261 g/mol. The van der Waals surface area contributed by atoms with E-state index in [9.17, 15) is 13.0 Å². The minimum absolute atomic E-state index is 0. The summed E-state index contributed by atoms with van der Waals surface area (Å²) in [6.07, 6.45) is 0. The van der Waals surface area contributed by atoms with Crippen molar-refractivity contribution in [2.75, 3.05) is 18.2 Å². The van der Waals surface area contributed by atoms with Crippen LogP contribution in [-0.4, -0.2) is 31.2 Å². The SMILES string of the molecule is O=S(=O)([O-])ON(CCO)c1ccccc1.[K+]. The maximum absolute atomic E-state index is 10.4. The summed E-state index contributed by atoms with van der Waals surface area (Å²) in [5.74, 6) is 0. The number of aliphatic hydroxyl groups is 1. The average Bonchev–Trinajstić information content (AvgIpc) is 2.17. The Morgan fingerprint density at radius 3 is 2.31 bits per heavy atom. The Morgan fingerprint density at radius 1 is 1.31 bits per heavy atom. The molecule has 1 aromatic rings. The molecule has 0 aliphatic heterocycles. The Bertz CT molecular complexity index is 396. The molecule has 1 rings (SSSR count). The van der Waals surface area contributed by atoms with Crippen molar-refractivity contribution in [3.05, 3.63) is 30.3 Å². The molecule has 0 saturated heterocycles. The molecule has 0 unspecified atom stereocenters. The van der Waals surface area contributed by atoms with Crippen LogP contribution >= 0.6 is 0 Å². The van der Waals surface area contributed by atoms with Gasteiger partial charge in [0.1, 0.15) is 0 Å². The molecule has 0 amide bonds. The second-order valence-electron chi connectivity index (χ2n) is 2.64. The first-order valence-electron chi connectivity index (χ1n) is 4.12. The van der Waals surface area contributed by atoms with Crippen LogP contribution in [0.1, 0.15) is 0 Å². The van der Waals surface area contributed by atoms with E-state index in [0.717, 1.165) is 5.06 Å². The van der Waals surface area contributed by atoms with Crippen molar-refractivity contribution in [3.8, 4) is 0 Å². The molecule has 1 N–H and O–H groups in total. The Morgan fingerprint density at radius 2 is 1.88 bits per heavy atom. The van der Waals surface area contributed by atoms with Crippen molar-refractivity contribution >= 4 is 16.1 Å². The zero-order chi connectivity index (χ0) is 11.3. The smallest absolute Gasteiger partial charge is 0.724 e. The molecule has 0 aliphatic carbocycles. The van der Waals surface area contributed by atoms with Crippen molar-refractivity contribution in [3.63, 3.8) is 0 Å². The quantitative estimate of drug-likeness (QED) is 0.264. The van der Waals surface area contributed by atoms with Crippen LogP contribution in [-0.2, 0) is 14.7 Å². The van der Waals surface area contributed by atoms with Gasteiger partial charge in [-0.3, -0.25) is 0 Å². The van der Waals surface area contributed by atoms with E-state index < -0.39 is 10.4 Å². The van der Waals surface area contributed by atoms with Gasteiger partial charge >= 0.3 is 51.4 Å². The van der Waals surface area contributed by atoms with Gasteiger partial charge in [-0.05, 0) is 12.1 Å². The predicted molar refractivity (Wildman–Crippen MR) is 51.7 cm³/mol. The van der Waals surface area contributed by atoms with Crippen molar-refractivity contribution in [2.24, 2.45) is 0 Å². The monoisotopic (exact) mass is 271 g/mol. The molecule has 0 spiro atoms. The Balaban J connectivity index is 0.00000225. The van der Waals surface area contributed by atoms with Gasteiger partial charge in [-0.1, -0.05) is 18.2 Å². The Kier molecular flexibility index (Phi) is 7.98. The first kappa shape index (κ1) is 16.5. The fourth-order valence-electron chi connectivity index (χ4n) is 1.00. The second-order valence-corrected chi connectivity index (χ2v) is 3.61. The molecule has 0 heterocycles. The Labute approximate surface area is 137 Å². The van der Waals surface area contributed by atoms with Crippen LogP contribution in [0.3, 0.4) is 0 Å². The molecule has 0 bridgehead atoms. The number of anilines is 1. The van der Waals surface area contributed by atoms with E-state index in [1.54, 1.807) is 30.3 Å². The number of hydrogen-bond acceptors (Lipinski definition) is 6. The first-order chi connectivity index (χ1) is 7.03. The van der Waals surface area contributed by atoms with Crippen LogP contribution in [0.25, 0.3) is 0 Å². The summed E-state index contributed by atoms with van der Waals surface area (Å²) in [6, 6.07) is 8.15. The fraction of sp³-hybridized carbons (Fsp3) is 0.250. The molecule has 6 nitrogen and oxygen atoms in total. The first-order valence-corrected chi connectivity index (χ1v) is 5.45. The minimum Gasteiger partial charge on any atom is -0.724 e. The fourth-order valence-corrected chi connectivity index (χ4v) is 1.39. The molecule has 0 atom stereocenters. The molecule has 84 valence electrons. The van der Waals surface area contributed by atoms with Gasteiger partial charge < -0.3 is 9.66 Å². The molecule has 16 heavy (non-hydrogen) atoms. The van der Waals surface area contributed by atoms with E-state index in [2.05, 4.69) is 4.28 Å². The maximum Gasteiger partial charge on any atom is 1.00 e. The molecular formula is C8H10KNO5S. The topological polar surface area (TPSA) is 89.9 Å². The van der Waals surface area contributed by atoms with Gasteiger partial charge in [-0.15, -0.1) is 0 Å². The van der Waals surface area contributed by atoms with Crippen LogP contribution in [0, 0.1) is 0 Å². The van der Waals surface area contributed by atoms with Gasteiger partial charge in [0.15, 0.2) is 0 Å². The number of rotatable bonds is 5. The van der Waals surface area contributed by atoms with E-state index in [4.69, 9.17) is 5.11 Å². The van der Waals surface area contributed by atoms with Gasteiger partial charge in [-0.25, -0.2) is 13.5 Å². The van der Waals surface area contributed by atoms with Crippen molar-refractivity contribution in [1.82, 2.24) is 0 Å². The van der Waals surface area contributed by atoms with E-state index in [1.807, 2.05) is 0 Å². The van der Waals surface area contributed by atoms with Crippen LogP contribution in [0.5, 0.6) is 0 Å². The maximum atomic E-state index is 10.4. The van der Waals surface area contributed by atoms with Gasteiger partial charge in [0, 0.05) is 0 Å². The summed E-state index contributed by atoms with van der Waals surface area (Å²) in [4.78, 5) is 0. The van der Waals surface area contributed by atoms with Gasteiger partial charge in [0.2, 0.25) is 10.4 Å². The summed E-state index contributed by atoms with van der Waals surface area (Å²) in [5.41, 5.74) is 0.381. The minimum atomic E-state index is -4.83. The zero-order valence-corrected chi connectivity index (χ0v) is 12.7. The van der Waals surface area contributed by atoms with Crippen molar-refractivity contribution < 1.29 is 73.7 Å².